The van der Waals surface area contributed by atoms with Crippen LogP contribution in [0, 0.1) is 0 Å². The molecule has 1 aliphatic heterocycles. The van der Waals surface area contributed by atoms with Crippen LogP contribution in [0.3, 0.4) is 0 Å². The molecule has 0 bridgehead atoms. The van der Waals surface area contributed by atoms with E-state index < -0.39 is 0 Å². The zero-order valence-corrected chi connectivity index (χ0v) is 8.30. The maximum Gasteiger partial charge on any atom is 0.0685 e. The molecule has 1 atom stereocenters. The van der Waals surface area contributed by atoms with E-state index in [1.165, 1.54) is 12.8 Å². The lowest BCUT2D eigenvalue weighted by molar-refractivity contribution is 0.0946. The van der Waals surface area contributed by atoms with Gasteiger partial charge in [0.1, 0.15) is 0 Å². The number of nitrogens with zero attached hydrogens (tertiary/aromatic N) is 1. The highest BCUT2D eigenvalue weighted by Crippen LogP contribution is 2.52. The van der Waals surface area contributed by atoms with Crippen LogP contribution in [0.25, 0.3) is 0 Å². The summed E-state index contributed by atoms with van der Waals surface area (Å²) < 4.78 is 0. The molecule has 0 aromatic carbocycles. The molecule has 1 unspecified atom stereocenters. The molecule has 12 heavy (non-hydrogen) atoms. The van der Waals surface area contributed by atoms with Crippen LogP contribution in [0.4, 0.5) is 0 Å². The van der Waals surface area contributed by atoms with E-state index in [2.05, 4.69) is 25.7 Å². The zero-order valence-electron chi connectivity index (χ0n) is 8.30. The number of rotatable bonds is 0. The molecule has 1 saturated heterocycles. The van der Waals surface area contributed by atoms with Crippen LogP contribution in [0.15, 0.2) is 0 Å². The number of hydrogen-bond donors (Lipinski definition) is 1. The average Bonchev–Trinajstić information content (AvgIpc) is 2.52. The lowest BCUT2D eigenvalue weighted by atomic mass is 10.0. The van der Waals surface area contributed by atoms with E-state index in [4.69, 9.17) is 0 Å². The number of likely N-dealkylation sites (tertiary alicyclic amines) is 1. The molecule has 1 heterocycles. The Labute approximate surface area is 74.6 Å². The normalized spacial score (nSPS) is 34.5. The van der Waals surface area contributed by atoms with Gasteiger partial charge in [-0.3, -0.25) is 4.90 Å². The summed E-state index contributed by atoms with van der Waals surface area (Å²) in [5, 5.41) is 9.60. The standard InChI is InChI=1S/C10H19NO/c1-9(2,3)11-7-8(12)6-10(11)4-5-10/h8,12H,4-7H2,1-3H3. The molecule has 2 aliphatic rings. The second kappa shape index (κ2) is 2.24. The van der Waals surface area contributed by atoms with Gasteiger partial charge in [0, 0.05) is 17.6 Å². The van der Waals surface area contributed by atoms with Crippen LogP contribution in [-0.2, 0) is 0 Å². The van der Waals surface area contributed by atoms with E-state index in [1.807, 2.05) is 0 Å². The molecule has 2 fully saturated rings. The van der Waals surface area contributed by atoms with E-state index in [0.29, 0.717) is 5.54 Å². The molecule has 1 spiro atoms. The van der Waals surface area contributed by atoms with Gasteiger partial charge in [0.2, 0.25) is 0 Å². The fraction of sp³-hybridized carbons (Fsp3) is 1.00. The summed E-state index contributed by atoms with van der Waals surface area (Å²) in [6.45, 7) is 7.60. The van der Waals surface area contributed by atoms with Gasteiger partial charge >= 0.3 is 0 Å². The van der Waals surface area contributed by atoms with Crippen LogP contribution in [0.2, 0.25) is 0 Å². The molecular weight excluding hydrogens is 150 g/mol. The predicted octanol–water partition coefficient (Wildman–Crippen LogP) is 1.38. The first-order chi connectivity index (χ1) is 5.44. The lowest BCUT2D eigenvalue weighted by Gasteiger charge is -2.37. The molecule has 2 rings (SSSR count). The minimum atomic E-state index is -0.0771. The van der Waals surface area contributed by atoms with Gasteiger partial charge in [-0.2, -0.15) is 0 Å². The van der Waals surface area contributed by atoms with Crippen molar-refractivity contribution in [1.82, 2.24) is 4.90 Å². The fourth-order valence-corrected chi connectivity index (χ4v) is 2.62. The Kier molecular flexibility index (Phi) is 1.59. The third kappa shape index (κ3) is 1.17. The van der Waals surface area contributed by atoms with E-state index in [0.717, 1.165) is 13.0 Å². The van der Waals surface area contributed by atoms with Gasteiger partial charge in [0.05, 0.1) is 6.10 Å². The second-order valence-corrected chi connectivity index (χ2v) is 5.36. The smallest absolute Gasteiger partial charge is 0.0685 e. The van der Waals surface area contributed by atoms with E-state index >= 15 is 0 Å². The van der Waals surface area contributed by atoms with Crippen LogP contribution in [0.1, 0.15) is 40.0 Å². The summed E-state index contributed by atoms with van der Waals surface area (Å²) in [7, 11) is 0. The number of β-amino-alcohol motifs (C(OH)–C–C–N with tert-alkyl or cyclic N) is 1. The first-order valence-corrected chi connectivity index (χ1v) is 4.90. The highest BCUT2D eigenvalue weighted by molar-refractivity contribution is 5.12. The molecule has 2 nitrogen and oxygen atoms in total. The highest BCUT2D eigenvalue weighted by atomic mass is 16.3. The monoisotopic (exact) mass is 169 g/mol. The molecule has 0 aromatic heterocycles. The summed E-state index contributed by atoms with van der Waals surface area (Å²) in [5.41, 5.74) is 0.631. The first kappa shape index (κ1) is 8.52. The first-order valence-electron chi connectivity index (χ1n) is 4.90. The third-order valence-corrected chi connectivity index (χ3v) is 3.22. The summed E-state index contributed by atoms with van der Waals surface area (Å²) in [4.78, 5) is 2.49. The number of aliphatic hydroxyl groups is 1. The van der Waals surface area contributed by atoms with Crippen molar-refractivity contribution in [2.75, 3.05) is 6.54 Å². The van der Waals surface area contributed by atoms with Crippen LogP contribution in [-0.4, -0.2) is 33.7 Å². The molecule has 0 radical (unpaired) electrons. The summed E-state index contributed by atoms with van der Waals surface area (Å²) in [6.07, 6.45) is 3.51. The Morgan fingerprint density at radius 2 is 1.92 bits per heavy atom. The summed E-state index contributed by atoms with van der Waals surface area (Å²) in [5.74, 6) is 0. The summed E-state index contributed by atoms with van der Waals surface area (Å²) in [6, 6.07) is 0. The largest absolute Gasteiger partial charge is 0.392 e. The van der Waals surface area contributed by atoms with Crippen molar-refractivity contribution in [3.8, 4) is 0 Å². The molecule has 1 N–H and O–H groups in total. The fourth-order valence-electron chi connectivity index (χ4n) is 2.62. The maximum atomic E-state index is 9.60. The summed E-state index contributed by atoms with van der Waals surface area (Å²) >= 11 is 0. The second-order valence-electron chi connectivity index (χ2n) is 5.36. The van der Waals surface area contributed by atoms with E-state index in [9.17, 15) is 5.11 Å². The van der Waals surface area contributed by atoms with Gasteiger partial charge in [-0.1, -0.05) is 0 Å². The molecule has 1 saturated carbocycles. The highest BCUT2D eigenvalue weighted by Gasteiger charge is 2.56. The molecule has 70 valence electrons. The Hall–Kier alpha value is -0.0800. The van der Waals surface area contributed by atoms with E-state index in [-0.39, 0.29) is 11.6 Å². The van der Waals surface area contributed by atoms with Crippen LogP contribution >= 0.6 is 0 Å². The van der Waals surface area contributed by atoms with Gasteiger partial charge in [-0.25, -0.2) is 0 Å². The molecule has 2 heteroatoms. The molecule has 0 aromatic rings. The topological polar surface area (TPSA) is 23.5 Å². The Morgan fingerprint density at radius 3 is 2.25 bits per heavy atom. The maximum absolute atomic E-state index is 9.60. The van der Waals surface area contributed by atoms with Crippen molar-refractivity contribution < 1.29 is 5.11 Å². The minimum absolute atomic E-state index is 0.0771. The number of hydrogen-bond acceptors (Lipinski definition) is 2. The zero-order chi connectivity index (χ0) is 8.98. The predicted molar refractivity (Wildman–Crippen MR) is 49.0 cm³/mol. The Morgan fingerprint density at radius 1 is 1.33 bits per heavy atom. The van der Waals surface area contributed by atoms with Gasteiger partial charge in [0.25, 0.3) is 0 Å². The molecule has 0 amide bonds. The molecule has 1 aliphatic carbocycles. The van der Waals surface area contributed by atoms with E-state index in [1.54, 1.807) is 0 Å². The van der Waals surface area contributed by atoms with Crippen LogP contribution < -0.4 is 0 Å². The van der Waals surface area contributed by atoms with Crippen molar-refractivity contribution in [3.05, 3.63) is 0 Å². The Balaban J connectivity index is 2.16. The van der Waals surface area contributed by atoms with Gasteiger partial charge in [0.15, 0.2) is 0 Å². The van der Waals surface area contributed by atoms with Crippen molar-refractivity contribution in [1.29, 1.82) is 0 Å². The quantitative estimate of drug-likeness (QED) is 0.592. The van der Waals surface area contributed by atoms with Gasteiger partial charge in [-0.15, -0.1) is 0 Å². The minimum Gasteiger partial charge on any atom is -0.392 e. The SMILES string of the molecule is CC(C)(C)N1CC(O)CC12CC2. The van der Waals surface area contributed by atoms with Crippen molar-refractivity contribution in [2.24, 2.45) is 0 Å². The lowest BCUT2D eigenvalue weighted by Crippen LogP contribution is -2.46. The van der Waals surface area contributed by atoms with Crippen molar-refractivity contribution in [2.45, 2.75) is 57.2 Å². The molecular formula is C10H19NO. The van der Waals surface area contributed by atoms with Crippen LogP contribution in [0.5, 0.6) is 0 Å². The van der Waals surface area contributed by atoms with Gasteiger partial charge < -0.3 is 5.11 Å². The van der Waals surface area contributed by atoms with Gasteiger partial charge in [-0.05, 0) is 40.0 Å². The van der Waals surface area contributed by atoms with Crippen molar-refractivity contribution >= 4 is 0 Å². The van der Waals surface area contributed by atoms with Crippen molar-refractivity contribution in [3.63, 3.8) is 0 Å². The average molecular weight is 169 g/mol. The Bertz CT molecular complexity index is 191. The number of aliphatic hydroxyl groups excluding tert-OH is 1. The third-order valence-electron chi connectivity index (χ3n) is 3.22.